The Bertz CT molecular complexity index is 648. The van der Waals surface area contributed by atoms with Crippen LogP contribution >= 0.6 is 15.9 Å². The maximum Gasteiger partial charge on any atom is 0.254 e. The van der Waals surface area contributed by atoms with Gasteiger partial charge in [0.05, 0.1) is 16.6 Å². The van der Waals surface area contributed by atoms with Gasteiger partial charge in [-0.25, -0.2) is 0 Å². The van der Waals surface area contributed by atoms with Crippen LogP contribution in [0.2, 0.25) is 0 Å². The average Bonchev–Trinajstić information content (AvgIpc) is 2.72. The molecule has 0 saturated carbocycles. The van der Waals surface area contributed by atoms with Crippen LogP contribution in [0, 0.1) is 0 Å². The van der Waals surface area contributed by atoms with E-state index in [1.54, 1.807) is 4.57 Å². The summed E-state index contributed by atoms with van der Waals surface area (Å²) in [6, 6.07) is 5.19. The number of ether oxygens (including phenoxy) is 1. The van der Waals surface area contributed by atoms with Crippen LogP contribution in [0.1, 0.15) is 5.56 Å². The van der Waals surface area contributed by atoms with E-state index < -0.39 is 0 Å². The van der Waals surface area contributed by atoms with Gasteiger partial charge >= 0.3 is 0 Å². The van der Waals surface area contributed by atoms with Gasteiger partial charge in [-0.15, -0.1) is 0 Å². The van der Waals surface area contributed by atoms with E-state index in [2.05, 4.69) is 15.9 Å². The minimum Gasteiger partial charge on any atom is -0.469 e. The summed E-state index contributed by atoms with van der Waals surface area (Å²) in [5.41, 5.74) is 1.25. The van der Waals surface area contributed by atoms with Crippen LogP contribution in [0.5, 0.6) is 5.75 Å². The van der Waals surface area contributed by atoms with Crippen molar-refractivity contribution in [1.29, 1.82) is 0 Å². The Morgan fingerprint density at radius 3 is 3.06 bits per heavy atom. The molecule has 1 aromatic heterocycles. The molecule has 0 aliphatic carbocycles. The van der Waals surface area contributed by atoms with Crippen molar-refractivity contribution in [2.45, 2.75) is 13.3 Å². The van der Waals surface area contributed by atoms with Crippen LogP contribution in [0.15, 0.2) is 27.5 Å². The largest absolute Gasteiger partial charge is 0.469 e. The number of hydrogen-bond acceptors (Lipinski definition) is 3. The summed E-state index contributed by atoms with van der Waals surface area (Å²) in [4.78, 5) is 11.7. The molecule has 1 aliphatic heterocycles. The van der Waals surface area contributed by atoms with E-state index in [1.165, 1.54) is 6.07 Å². The molecular formula is C11H8BrNO3. The van der Waals surface area contributed by atoms with E-state index in [4.69, 9.17) is 4.74 Å². The molecular weight excluding hydrogens is 274 g/mol. The standard InChI is InChI=1S/C11H8BrNO3/c12-8-2-1-7-6(4-14)3-9(15)13-5-16-11(8)10(7)13/h1-3,14H,4-5H2. The summed E-state index contributed by atoms with van der Waals surface area (Å²) in [6.45, 7) is 0.0899. The lowest BCUT2D eigenvalue weighted by Gasteiger charge is -2.05. The van der Waals surface area contributed by atoms with Crippen LogP contribution in [-0.2, 0) is 13.3 Å². The van der Waals surface area contributed by atoms with Crippen molar-refractivity contribution >= 4 is 26.8 Å². The van der Waals surface area contributed by atoms with Crippen molar-refractivity contribution in [2.24, 2.45) is 0 Å². The molecule has 5 heteroatoms. The van der Waals surface area contributed by atoms with Crippen molar-refractivity contribution < 1.29 is 9.84 Å². The van der Waals surface area contributed by atoms with Crippen LogP contribution in [0.4, 0.5) is 0 Å². The Morgan fingerprint density at radius 1 is 1.50 bits per heavy atom. The third-order valence-corrected chi connectivity index (χ3v) is 3.40. The molecule has 1 N–H and O–H groups in total. The number of hydrogen-bond donors (Lipinski definition) is 1. The van der Waals surface area contributed by atoms with Crippen LogP contribution in [0.3, 0.4) is 0 Å². The maximum atomic E-state index is 11.7. The molecule has 0 spiro atoms. The van der Waals surface area contributed by atoms with E-state index in [0.29, 0.717) is 11.3 Å². The minimum atomic E-state index is -0.145. The second-order valence-corrected chi connectivity index (χ2v) is 4.49. The van der Waals surface area contributed by atoms with Gasteiger partial charge in [0.1, 0.15) is 0 Å². The highest BCUT2D eigenvalue weighted by molar-refractivity contribution is 9.10. The highest BCUT2D eigenvalue weighted by atomic mass is 79.9. The summed E-state index contributed by atoms with van der Waals surface area (Å²) in [5, 5.41) is 10.1. The second kappa shape index (κ2) is 3.33. The van der Waals surface area contributed by atoms with E-state index >= 15 is 0 Å². The predicted octanol–water partition coefficient (Wildman–Crippen LogP) is 1.61. The predicted molar refractivity (Wildman–Crippen MR) is 62.5 cm³/mol. The summed E-state index contributed by atoms with van der Waals surface area (Å²) in [5.74, 6) is 0.671. The summed E-state index contributed by atoms with van der Waals surface area (Å²) in [7, 11) is 0. The van der Waals surface area contributed by atoms with Crippen molar-refractivity contribution in [1.82, 2.24) is 4.57 Å². The molecule has 3 rings (SSSR count). The molecule has 0 bridgehead atoms. The van der Waals surface area contributed by atoms with Crippen LogP contribution in [0.25, 0.3) is 10.9 Å². The number of aliphatic hydroxyl groups excluding tert-OH is 1. The van der Waals surface area contributed by atoms with Gasteiger partial charge in [-0.1, -0.05) is 6.07 Å². The summed E-state index contributed by atoms with van der Waals surface area (Å²) < 4.78 is 7.84. The quantitative estimate of drug-likeness (QED) is 0.864. The molecule has 82 valence electrons. The monoisotopic (exact) mass is 281 g/mol. The minimum absolute atomic E-state index is 0.145. The van der Waals surface area contributed by atoms with Gasteiger partial charge in [-0.05, 0) is 27.6 Å². The smallest absolute Gasteiger partial charge is 0.254 e. The van der Waals surface area contributed by atoms with Gasteiger partial charge in [-0.3, -0.25) is 9.36 Å². The lowest BCUT2D eigenvalue weighted by Crippen LogP contribution is -2.18. The molecule has 4 nitrogen and oxygen atoms in total. The molecule has 16 heavy (non-hydrogen) atoms. The molecule has 0 saturated heterocycles. The Balaban J connectivity index is 2.57. The molecule has 2 heterocycles. The number of rotatable bonds is 1. The zero-order chi connectivity index (χ0) is 11.3. The third-order valence-electron chi connectivity index (χ3n) is 2.77. The number of aromatic nitrogens is 1. The fourth-order valence-corrected chi connectivity index (χ4v) is 2.45. The van der Waals surface area contributed by atoms with E-state index in [0.717, 1.165) is 15.4 Å². The molecule has 2 aromatic rings. The van der Waals surface area contributed by atoms with E-state index in [9.17, 15) is 9.90 Å². The first-order valence-corrected chi connectivity index (χ1v) is 5.60. The van der Waals surface area contributed by atoms with Gasteiger partial charge in [0, 0.05) is 11.5 Å². The summed E-state index contributed by atoms with van der Waals surface area (Å²) >= 11 is 3.38. The number of pyridine rings is 1. The fourth-order valence-electron chi connectivity index (χ4n) is 2.01. The first kappa shape index (κ1) is 9.86. The van der Waals surface area contributed by atoms with E-state index in [-0.39, 0.29) is 18.9 Å². The van der Waals surface area contributed by atoms with Crippen molar-refractivity contribution in [3.8, 4) is 5.75 Å². The maximum absolute atomic E-state index is 11.7. The van der Waals surface area contributed by atoms with Crippen molar-refractivity contribution in [3.63, 3.8) is 0 Å². The Kier molecular flexibility index (Phi) is 2.05. The van der Waals surface area contributed by atoms with E-state index in [1.807, 2.05) is 12.1 Å². The normalized spacial score (nSPS) is 13.1. The zero-order valence-corrected chi connectivity index (χ0v) is 9.82. The number of benzene rings is 1. The van der Waals surface area contributed by atoms with Gasteiger partial charge < -0.3 is 9.84 Å². The summed E-state index contributed by atoms with van der Waals surface area (Å²) in [6.07, 6.45) is 0. The molecule has 0 amide bonds. The van der Waals surface area contributed by atoms with Crippen molar-refractivity contribution in [2.75, 3.05) is 0 Å². The highest BCUT2D eigenvalue weighted by Gasteiger charge is 2.20. The van der Waals surface area contributed by atoms with Gasteiger partial charge in [0.15, 0.2) is 12.5 Å². The highest BCUT2D eigenvalue weighted by Crippen LogP contribution is 2.37. The number of nitrogens with zero attached hydrogens (tertiary/aromatic N) is 1. The molecule has 0 unspecified atom stereocenters. The van der Waals surface area contributed by atoms with Crippen LogP contribution in [-0.4, -0.2) is 9.67 Å². The zero-order valence-electron chi connectivity index (χ0n) is 8.24. The van der Waals surface area contributed by atoms with Gasteiger partial charge in [0.2, 0.25) is 0 Å². The lowest BCUT2D eigenvalue weighted by atomic mass is 10.1. The SMILES string of the molecule is O=c1cc(CO)c2ccc(Br)c3c2n1CO3. The number of halogens is 1. The second-order valence-electron chi connectivity index (χ2n) is 3.64. The fraction of sp³-hybridized carbons (Fsp3) is 0.182. The van der Waals surface area contributed by atoms with Gasteiger partial charge in [-0.2, -0.15) is 0 Å². The Morgan fingerprint density at radius 2 is 2.31 bits per heavy atom. The molecule has 1 aromatic carbocycles. The third kappa shape index (κ3) is 1.15. The first-order valence-electron chi connectivity index (χ1n) is 4.81. The van der Waals surface area contributed by atoms with Crippen LogP contribution < -0.4 is 10.3 Å². The topological polar surface area (TPSA) is 51.5 Å². The molecule has 0 fully saturated rings. The molecule has 1 aliphatic rings. The number of aliphatic hydroxyl groups is 1. The Labute approximate surface area is 99.2 Å². The molecule has 0 radical (unpaired) electrons. The first-order chi connectivity index (χ1) is 7.72. The average molecular weight is 282 g/mol. The van der Waals surface area contributed by atoms with Gasteiger partial charge in [0.25, 0.3) is 5.56 Å². The van der Waals surface area contributed by atoms with Crippen molar-refractivity contribution in [3.05, 3.63) is 38.6 Å². The molecule has 0 atom stereocenters. The Hall–Kier alpha value is -1.33. The lowest BCUT2D eigenvalue weighted by molar-refractivity contribution is 0.264.